The first-order chi connectivity index (χ1) is 16.7. The van der Waals surface area contributed by atoms with Crippen molar-refractivity contribution in [3.63, 3.8) is 0 Å². The van der Waals surface area contributed by atoms with E-state index in [2.05, 4.69) is 28.5 Å². The highest BCUT2D eigenvalue weighted by Crippen LogP contribution is 2.29. The highest BCUT2D eigenvalue weighted by Gasteiger charge is 2.36. The predicted molar refractivity (Wildman–Crippen MR) is 136 cm³/mol. The molecule has 35 heavy (non-hydrogen) atoms. The van der Waals surface area contributed by atoms with E-state index in [0.717, 1.165) is 49.7 Å². The van der Waals surface area contributed by atoms with E-state index in [9.17, 15) is 14.9 Å². The maximum Gasteiger partial charge on any atom is 0.410 e. The molecule has 0 spiro atoms. The van der Waals surface area contributed by atoms with Crippen LogP contribution in [0.1, 0.15) is 71.1 Å². The van der Waals surface area contributed by atoms with E-state index in [1.807, 2.05) is 39.0 Å². The summed E-state index contributed by atoms with van der Waals surface area (Å²) < 4.78 is 7.79. The molecule has 4 rings (SSSR count). The van der Waals surface area contributed by atoms with Gasteiger partial charge in [0.15, 0.2) is 0 Å². The van der Waals surface area contributed by atoms with Crippen LogP contribution in [0.5, 0.6) is 0 Å². The van der Waals surface area contributed by atoms with Crippen LogP contribution in [0, 0.1) is 17.2 Å². The molecule has 0 saturated carbocycles. The minimum atomic E-state index is -0.506. The van der Waals surface area contributed by atoms with Gasteiger partial charge < -0.3 is 19.1 Å². The average molecular weight is 479 g/mol. The van der Waals surface area contributed by atoms with Crippen LogP contribution >= 0.6 is 0 Å². The number of nitrogens with zero attached hydrogens (tertiary/aromatic N) is 4. The van der Waals surface area contributed by atoms with Crippen LogP contribution in [0.4, 0.5) is 4.79 Å². The summed E-state index contributed by atoms with van der Waals surface area (Å²) in [6.07, 6.45) is 5.08. The fourth-order valence-corrected chi connectivity index (χ4v) is 5.57. The molecule has 1 aromatic heterocycles. The Morgan fingerprint density at radius 1 is 1.11 bits per heavy atom. The van der Waals surface area contributed by atoms with E-state index in [1.54, 1.807) is 4.90 Å². The monoisotopic (exact) mass is 478 g/mol. The first kappa shape index (κ1) is 25.1. The van der Waals surface area contributed by atoms with Gasteiger partial charge in [-0.15, -0.1) is 0 Å². The second-order valence-corrected chi connectivity index (χ2v) is 10.9. The molecule has 0 bridgehead atoms. The number of carbonyl (C=O) groups is 2. The van der Waals surface area contributed by atoms with Gasteiger partial charge >= 0.3 is 6.09 Å². The average Bonchev–Trinajstić information content (AvgIpc) is 3.44. The molecule has 1 atom stereocenters. The van der Waals surface area contributed by atoms with Crippen molar-refractivity contribution in [1.82, 2.24) is 14.4 Å². The van der Waals surface area contributed by atoms with E-state index in [1.165, 1.54) is 5.69 Å². The van der Waals surface area contributed by atoms with Crippen LogP contribution in [0.15, 0.2) is 24.3 Å². The number of nitriles is 1. The van der Waals surface area contributed by atoms with Gasteiger partial charge in [0.25, 0.3) is 0 Å². The van der Waals surface area contributed by atoms with E-state index in [-0.39, 0.29) is 24.0 Å². The summed E-state index contributed by atoms with van der Waals surface area (Å²) in [5.74, 6) is 0.242. The highest BCUT2D eigenvalue weighted by atomic mass is 16.6. The molecule has 2 aliphatic rings. The standard InChI is InChI=1S/C28H38N4O3/c1-5-31-24(18-22-9-8-20(19-29)17-25(22)31)11-10-23-7-6-14-32(23)26(33)21-12-15-30(16-13-21)27(34)35-28(2,3)4/h8-9,17-18,21,23H,5-7,10-16H2,1-4H3/t23-/m0/s1. The molecular weight excluding hydrogens is 440 g/mol. The molecule has 2 saturated heterocycles. The Morgan fingerprint density at radius 2 is 1.86 bits per heavy atom. The molecule has 7 heteroatoms. The summed E-state index contributed by atoms with van der Waals surface area (Å²) in [4.78, 5) is 29.6. The predicted octanol–water partition coefficient (Wildman–Crippen LogP) is 5.10. The number of rotatable bonds is 5. The van der Waals surface area contributed by atoms with Crippen molar-refractivity contribution in [3.8, 4) is 6.07 Å². The van der Waals surface area contributed by atoms with Gasteiger partial charge in [-0.1, -0.05) is 6.07 Å². The van der Waals surface area contributed by atoms with Gasteiger partial charge in [-0.25, -0.2) is 4.79 Å². The number of likely N-dealkylation sites (tertiary alicyclic amines) is 2. The van der Waals surface area contributed by atoms with Crippen molar-refractivity contribution in [3.05, 3.63) is 35.5 Å². The lowest BCUT2D eigenvalue weighted by atomic mass is 9.94. The van der Waals surface area contributed by atoms with Gasteiger partial charge in [0, 0.05) is 49.3 Å². The Labute approximate surface area is 208 Å². The van der Waals surface area contributed by atoms with Crippen LogP contribution in [0.25, 0.3) is 10.9 Å². The lowest BCUT2D eigenvalue weighted by Gasteiger charge is -2.35. The lowest BCUT2D eigenvalue weighted by molar-refractivity contribution is -0.138. The zero-order chi connectivity index (χ0) is 25.2. The van der Waals surface area contributed by atoms with Crippen molar-refractivity contribution < 1.29 is 14.3 Å². The highest BCUT2D eigenvalue weighted by molar-refractivity contribution is 5.83. The number of hydrogen-bond acceptors (Lipinski definition) is 4. The Kier molecular flexibility index (Phi) is 7.39. The molecule has 0 N–H and O–H groups in total. The summed E-state index contributed by atoms with van der Waals surface area (Å²) in [5.41, 5.74) is 2.55. The first-order valence-corrected chi connectivity index (χ1v) is 13.0. The van der Waals surface area contributed by atoms with Crippen molar-refractivity contribution in [2.45, 2.75) is 84.4 Å². The maximum absolute atomic E-state index is 13.4. The third kappa shape index (κ3) is 5.63. The van der Waals surface area contributed by atoms with Crippen LogP contribution < -0.4 is 0 Å². The quantitative estimate of drug-likeness (QED) is 0.599. The molecule has 3 heterocycles. The molecule has 2 aromatic rings. The van der Waals surface area contributed by atoms with E-state index in [4.69, 9.17) is 4.74 Å². The van der Waals surface area contributed by atoms with Crippen molar-refractivity contribution in [2.75, 3.05) is 19.6 Å². The molecule has 2 aliphatic heterocycles. The van der Waals surface area contributed by atoms with E-state index < -0.39 is 5.60 Å². The molecular formula is C28H38N4O3. The van der Waals surface area contributed by atoms with Crippen molar-refractivity contribution in [1.29, 1.82) is 5.26 Å². The van der Waals surface area contributed by atoms with Gasteiger partial charge in [0.1, 0.15) is 5.60 Å². The number of fused-ring (bicyclic) bond motifs is 1. The minimum absolute atomic E-state index is 0.0132. The Bertz CT molecular complexity index is 1120. The molecule has 1 aromatic carbocycles. The van der Waals surface area contributed by atoms with Gasteiger partial charge in [-0.3, -0.25) is 4.79 Å². The largest absolute Gasteiger partial charge is 0.444 e. The fourth-order valence-electron chi connectivity index (χ4n) is 5.57. The zero-order valence-corrected chi connectivity index (χ0v) is 21.5. The third-order valence-corrected chi connectivity index (χ3v) is 7.33. The molecule has 2 fully saturated rings. The summed E-state index contributed by atoms with van der Waals surface area (Å²) in [6, 6.07) is 10.6. The smallest absolute Gasteiger partial charge is 0.410 e. The summed E-state index contributed by atoms with van der Waals surface area (Å²) in [5, 5.41) is 10.4. The number of hydrogen-bond donors (Lipinski definition) is 0. The Hall–Kier alpha value is -3.01. The molecule has 0 aliphatic carbocycles. The number of amides is 2. The number of piperidine rings is 1. The van der Waals surface area contributed by atoms with Crippen LogP contribution in [0.3, 0.4) is 0 Å². The fraction of sp³-hybridized carbons (Fsp3) is 0.607. The van der Waals surface area contributed by atoms with Crippen LogP contribution in [0.2, 0.25) is 0 Å². The lowest BCUT2D eigenvalue weighted by Crippen LogP contribution is -2.46. The van der Waals surface area contributed by atoms with Gasteiger partial charge in [0.05, 0.1) is 11.6 Å². The summed E-state index contributed by atoms with van der Waals surface area (Å²) in [7, 11) is 0. The second-order valence-electron chi connectivity index (χ2n) is 10.9. The second kappa shape index (κ2) is 10.3. The number of aryl methyl sites for hydroxylation is 2. The normalized spacial score (nSPS) is 19.2. The van der Waals surface area contributed by atoms with Crippen molar-refractivity contribution >= 4 is 22.9 Å². The minimum Gasteiger partial charge on any atom is -0.444 e. The molecule has 2 amide bonds. The number of carbonyl (C=O) groups excluding carboxylic acids is 2. The van der Waals surface area contributed by atoms with Gasteiger partial charge in [0.2, 0.25) is 5.91 Å². The molecule has 0 radical (unpaired) electrons. The van der Waals surface area contributed by atoms with Crippen LogP contribution in [-0.4, -0.2) is 57.6 Å². The maximum atomic E-state index is 13.4. The number of ether oxygens (including phenoxy) is 1. The van der Waals surface area contributed by atoms with Gasteiger partial charge in [-0.2, -0.15) is 5.26 Å². The van der Waals surface area contributed by atoms with E-state index in [0.29, 0.717) is 31.5 Å². The summed E-state index contributed by atoms with van der Waals surface area (Å²) in [6.45, 7) is 10.6. The first-order valence-electron chi connectivity index (χ1n) is 13.0. The third-order valence-electron chi connectivity index (χ3n) is 7.33. The molecule has 7 nitrogen and oxygen atoms in total. The zero-order valence-electron chi connectivity index (χ0n) is 21.5. The SMILES string of the molecule is CCn1c(CC[C@@H]2CCCN2C(=O)C2CCN(C(=O)OC(C)(C)C)CC2)cc2ccc(C#N)cc21. The van der Waals surface area contributed by atoms with Crippen LogP contribution in [-0.2, 0) is 22.5 Å². The molecule has 0 unspecified atom stereocenters. The Morgan fingerprint density at radius 3 is 2.51 bits per heavy atom. The molecule has 188 valence electrons. The van der Waals surface area contributed by atoms with Crippen molar-refractivity contribution in [2.24, 2.45) is 5.92 Å². The number of aromatic nitrogens is 1. The van der Waals surface area contributed by atoms with Gasteiger partial charge in [-0.05, 0) is 89.8 Å². The summed E-state index contributed by atoms with van der Waals surface area (Å²) >= 11 is 0. The van der Waals surface area contributed by atoms with E-state index >= 15 is 0 Å². The Balaban J connectivity index is 1.36. The topological polar surface area (TPSA) is 78.6 Å². The number of benzene rings is 1.